The molecular weight excluding hydrogens is 352 g/mol. The van der Waals surface area contributed by atoms with Crippen LogP contribution < -0.4 is 5.56 Å². The summed E-state index contributed by atoms with van der Waals surface area (Å²) in [6.45, 7) is 1.91. The van der Waals surface area contributed by atoms with Crippen molar-refractivity contribution in [1.29, 1.82) is 0 Å². The van der Waals surface area contributed by atoms with Gasteiger partial charge in [-0.2, -0.15) is 0 Å². The van der Waals surface area contributed by atoms with E-state index in [0.29, 0.717) is 35.8 Å². The maximum absolute atomic E-state index is 12.5. The van der Waals surface area contributed by atoms with Crippen LogP contribution >= 0.6 is 11.3 Å². The topological polar surface area (TPSA) is 99.2 Å². The maximum atomic E-state index is 12.5. The minimum Gasteiger partial charge on any atom is -0.477 e. The van der Waals surface area contributed by atoms with E-state index < -0.39 is 5.97 Å². The first-order valence-electron chi connectivity index (χ1n) is 8.17. The number of rotatable bonds is 4. The van der Waals surface area contributed by atoms with Gasteiger partial charge in [-0.05, 0) is 24.3 Å². The van der Waals surface area contributed by atoms with Gasteiger partial charge in [-0.25, -0.2) is 9.78 Å². The molecule has 8 heteroatoms. The molecule has 0 fully saturated rings. The van der Waals surface area contributed by atoms with E-state index in [4.69, 9.17) is 5.11 Å². The van der Waals surface area contributed by atoms with E-state index in [9.17, 15) is 9.59 Å². The van der Waals surface area contributed by atoms with Gasteiger partial charge in [0.05, 0.1) is 11.3 Å². The number of aromatic nitrogens is 3. The second-order valence-corrected chi connectivity index (χ2v) is 7.28. The zero-order chi connectivity index (χ0) is 18.1. The third kappa shape index (κ3) is 3.29. The predicted molar refractivity (Wildman–Crippen MR) is 97.2 cm³/mol. The lowest BCUT2D eigenvalue weighted by Gasteiger charge is -2.27. The number of aromatic amines is 1. The van der Waals surface area contributed by atoms with E-state index in [2.05, 4.69) is 19.9 Å². The normalized spacial score (nSPS) is 14.2. The summed E-state index contributed by atoms with van der Waals surface area (Å²) < 4.78 is 0. The number of nitrogens with one attached hydrogen (secondary N) is 1. The Labute approximate surface area is 153 Å². The Hall–Kier alpha value is -2.84. The highest BCUT2D eigenvalue weighted by Gasteiger charge is 2.22. The average Bonchev–Trinajstić information content (AvgIpc) is 3.12. The van der Waals surface area contributed by atoms with Gasteiger partial charge in [-0.3, -0.25) is 14.7 Å². The second kappa shape index (κ2) is 6.81. The number of thiophene rings is 1. The van der Waals surface area contributed by atoms with E-state index >= 15 is 0 Å². The quantitative estimate of drug-likeness (QED) is 0.732. The minimum atomic E-state index is -0.908. The summed E-state index contributed by atoms with van der Waals surface area (Å²) in [5, 5.41) is 9.03. The molecule has 26 heavy (non-hydrogen) atoms. The van der Waals surface area contributed by atoms with Crippen molar-refractivity contribution in [3.8, 4) is 11.4 Å². The summed E-state index contributed by atoms with van der Waals surface area (Å²) in [6.07, 6.45) is 4.03. The van der Waals surface area contributed by atoms with Crippen molar-refractivity contribution in [2.24, 2.45) is 0 Å². The Morgan fingerprint density at radius 3 is 2.81 bits per heavy atom. The lowest BCUT2D eigenvalue weighted by atomic mass is 10.1. The van der Waals surface area contributed by atoms with Gasteiger partial charge in [-0.1, -0.05) is 0 Å². The molecule has 0 spiro atoms. The first-order valence-corrected chi connectivity index (χ1v) is 8.98. The highest BCUT2D eigenvalue weighted by molar-refractivity contribution is 7.13. The number of carbonyl (C=O) groups is 1. The SMILES string of the molecule is O=C(O)c1ccc(CN2CCc3nc(-c4ccncc4)[nH]c(=O)c3C2)s1. The van der Waals surface area contributed by atoms with Crippen LogP contribution in [0.15, 0.2) is 41.5 Å². The lowest BCUT2D eigenvalue weighted by molar-refractivity contribution is 0.0702. The van der Waals surface area contributed by atoms with Gasteiger partial charge in [0.2, 0.25) is 0 Å². The standard InChI is InChI=1S/C18H16N4O3S/c23-17-13-10-22(9-12-1-2-15(26-12)18(24)25)8-5-14(13)20-16(21-17)11-3-6-19-7-4-11/h1-4,6-7H,5,8-10H2,(H,24,25)(H,20,21,23). The van der Waals surface area contributed by atoms with Crippen LogP contribution in [0.1, 0.15) is 25.8 Å². The smallest absolute Gasteiger partial charge is 0.345 e. The Kier molecular flexibility index (Phi) is 4.36. The largest absolute Gasteiger partial charge is 0.477 e. The summed E-state index contributed by atoms with van der Waals surface area (Å²) in [5.41, 5.74) is 2.23. The van der Waals surface area contributed by atoms with E-state index in [-0.39, 0.29) is 5.56 Å². The van der Waals surface area contributed by atoms with Gasteiger partial charge in [-0.15, -0.1) is 11.3 Å². The molecule has 2 N–H and O–H groups in total. The first kappa shape index (κ1) is 16.6. The van der Waals surface area contributed by atoms with E-state index in [1.807, 2.05) is 18.2 Å². The number of pyridine rings is 1. The average molecular weight is 368 g/mol. The number of H-pyrrole nitrogens is 1. The number of aromatic carboxylic acids is 1. The number of hydrogen-bond donors (Lipinski definition) is 2. The fourth-order valence-corrected chi connectivity index (χ4v) is 3.95. The van der Waals surface area contributed by atoms with E-state index in [1.165, 1.54) is 11.3 Å². The molecule has 0 aromatic carbocycles. The third-order valence-corrected chi connectivity index (χ3v) is 5.41. The number of fused-ring (bicyclic) bond motifs is 1. The molecule has 4 heterocycles. The summed E-state index contributed by atoms with van der Waals surface area (Å²) in [4.78, 5) is 38.5. The molecule has 0 aliphatic carbocycles. The molecule has 0 bridgehead atoms. The molecule has 0 amide bonds. The highest BCUT2D eigenvalue weighted by Crippen LogP contribution is 2.22. The molecule has 4 rings (SSSR count). The monoisotopic (exact) mass is 368 g/mol. The van der Waals surface area contributed by atoms with Gasteiger partial charge in [0.1, 0.15) is 10.7 Å². The summed E-state index contributed by atoms with van der Waals surface area (Å²) in [6, 6.07) is 7.08. The molecule has 3 aromatic heterocycles. The van der Waals surface area contributed by atoms with Crippen LogP contribution in [-0.2, 0) is 19.5 Å². The van der Waals surface area contributed by atoms with Crippen molar-refractivity contribution in [1.82, 2.24) is 19.9 Å². The zero-order valence-corrected chi connectivity index (χ0v) is 14.6. The molecule has 132 valence electrons. The van der Waals surface area contributed by atoms with Crippen molar-refractivity contribution in [3.05, 3.63) is 68.0 Å². The van der Waals surface area contributed by atoms with Crippen molar-refractivity contribution >= 4 is 17.3 Å². The molecule has 0 atom stereocenters. The van der Waals surface area contributed by atoms with Crippen LogP contribution in [0.3, 0.4) is 0 Å². The fraction of sp³-hybridized carbons (Fsp3) is 0.222. The van der Waals surface area contributed by atoms with Crippen LogP contribution in [-0.4, -0.2) is 37.5 Å². The Balaban J connectivity index is 1.55. The number of carboxylic acid groups (broad SMARTS) is 1. The Morgan fingerprint density at radius 1 is 1.27 bits per heavy atom. The van der Waals surface area contributed by atoms with Crippen LogP contribution in [0.2, 0.25) is 0 Å². The van der Waals surface area contributed by atoms with Crippen molar-refractivity contribution < 1.29 is 9.90 Å². The number of carboxylic acids is 1. The van der Waals surface area contributed by atoms with Gasteiger partial charge in [0, 0.05) is 48.9 Å². The van der Waals surface area contributed by atoms with Crippen LogP contribution in [0, 0.1) is 0 Å². The van der Waals surface area contributed by atoms with E-state index in [1.54, 1.807) is 18.5 Å². The molecule has 7 nitrogen and oxygen atoms in total. The molecule has 0 saturated heterocycles. The van der Waals surface area contributed by atoms with Crippen molar-refractivity contribution in [2.45, 2.75) is 19.5 Å². The molecule has 3 aromatic rings. The van der Waals surface area contributed by atoms with Gasteiger partial charge >= 0.3 is 5.97 Å². The molecule has 0 radical (unpaired) electrons. The Bertz CT molecular complexity index is 1010. The van der Waals surface area contributed by atoms with Gasteiger partial charge < -0.3 is 10.1 Å². The van der Waals surface area contributed by atoms with Gasteiger partial charge in [0.15, 0.2) is 0 Å². The molecule has 0 saturated carbocycles. The summed E-state index contributed by atoms with van der Waals surface area (Å²) >= 11 is 1.27. The maximum Gasteiger partial charge on any atom is 0.345 e. The molecule has 0 unspecified atom stereocenters. The predicted octanol–water partition coefficient (Wildman–Crippen LogP) is 2.15. The van der Waals surface area contributed by atoms with Crippen LogP contribution in [0.4, 0.5) is 0 Å². The number of hydrogen-bond acceptors (Lipinski definition) is 6. The van der Waals surface area contributed by atoms with Crippen molar-refractivity contribution in [2.75, 3.05) is 6.54 Å². The summed E-state index contributed by atoms with van der Waals surface area (Å²) in [5.74, 6) is -0.344. The molecule has 1 aliphatic heterocycles. The van der Waals surface area contributed by atoms with E-state index in [0.717, 1.165) is 22.7 Å². The fourth-order valence-electron chi connectivity index (χ4n) is 3.06. The highest BCUT2D eigenvalue weighted by atomic mass is 32.1. The lowest BCUT2D eigenvalue weighted by Crippen LogP contribution is -2.35. The minimum absolute atomic E-state index is 0.121. The molecule has 1 aliphatic rings. The van der Waals surface area contributed by atoms with Crippen LogP contribution in [0.25, 0.3) is 11.4 Å². The number of nitrogens with zero attached hydrogens (tertiary/aromatic N) is 3. The zero-order valence-electron chi connectivity index (χ0n) is 13.8. The Morgan fingerprint density at radius 2 is 2.08 bits per heavy atom. The second-order valence-electron chi connectivity index (χ2n) is 6.11. The van der Waals surface area contributed by atoms with Gasteiger partial charge in [0.25, 0.3) is 5.56 Å². The van der Waals surface area contributed by atoms with Crippen molar-refractivity contribution in [3.63, 3.8) is 0 Å². The summed E-state index contributed by atoms with van der Waals surface area (Å²) in [7, 11) is 0. The first-order chi connectivity index (χ1) is 12.6. The van der Waals surface area contributed by atoms with Crippen LogP contribution in [0.5, 0.6) is 0 Å². The molecular formula is C18H16N4O3S. The third-order valence-electron chi connectivity index (χ3n) is 4.35.